The second kappa shape index (κ2) is 2.67. The highest BCUT2D eigenvalue weighted by atomic mass is 16.1. The topological polar surface area (TPSA) is 20.3 Å². The molecule has 2 heteroatoms. The van der Waals surface area contributed by atoms with Gasteiger partial charge in [0.25, 0.3) is 0 Å². The van der Waals surface area contributed by atoms with Gasteiger partial charge in [0, 0.05) is 30.5 Å². The fourth-order valence-electron chi connectivity index (χ4n) is 2.83. The predicted molar refractivity (Wildman–Crippen MR) is 54.5 cm³/mol. The van der Waals surface area contributed by atoms with Crippen molar-refractivity contribution < 1.29 is 4.79 Å². The molecule has 0 radical (unpaired) electrons. The Balaban J connectivity index is 2.12. The van der Waals surface area contributed by atoms with Gasteiger partial charge in [0.05, 0.1) is 0 Å². The zero-order chi connectivity index (χ0) is 9.71. The molecule has 1 saturated heterocycles. The monoisotopic (exact) mass is 187 g/mol. The summed E-state index contributed by atoms with van der Waals surface area (Å²) < 4.78 is 0. The third kappa shape index (κ3) is 0.919. The van der Waals surface area contributed by atoms with Gasteiger partial charge in [-0.3, -0.25) is 4.79 Å². The van der Waals surface area contributed by atoms with Crippen molar-refractivity contribution in [1.82, 2.24) is 4.90 Å². The van der Waals surface area contributed by atoms with Gasteiger partial charge in [0.2, 0.25) is 0 Å². The van der Waals surface area contributed by atoms with E-state index < -0.39 is 0 Å². The zero-order valence-corrected chi connectivity index (χ0v) is 8.23. The molecule has 1 fully saturated rings. The first-order chi connectivity index (χ1) is 6.77. The van der Waals surface area contributed by atoms with Crippen LogP contribution in [-0.2, 0) is 0 Å². The van der Waals surface area contributed by atoms with Crippen molar-refractivity contribution in [2.75, 3.05) is 20.1 Å². The highest BCUT2D eigenvalue weighted by molar-refractivity contribution is 6.03. The largest absolute Gasteiger partial charge is 0.305 e. The van der Waals surface area contributed by atoms with Crippen molar-refractivity contribution >= 4 is 5.78 Å². The van der Waals surface area contributed by atoms with E-state index in [0.29, 0.717) is 11.7 Å². The van der Waals surface area contributed by atoms with Gasteiger partial charge >= 0.3 is 0 Å². The number of likely N-dealkylation sites (tertiary alicyclic amines) is 1. The number of fused-ring (bicyclic) bond motifs is 3. The van der Waals surface area contributed by atoms with E-state index in [4.69, 9.17) is 0 Å². The molecule has 2 aliphatic rings. The first-order valence-electron chi connectivity index (χ1n) is 5.09. The summed E-state index contributed by atoms with van der Waals surface area (Å²) in [5.41, 5.74) is 2.24. The Morgan fingerprint density at radius 1 is 1.21 bits per heavy atom. The minimum absolute atomic E-state index is 0.234. The molecule has 2 atom stereocenters. The van der Waals surface area contributed by atoms with Gasteiger partial charge in [-0.05, 0) is 12.6 Å². The van der Waals surface area contributed by atoms with Crippen LogP contribution in [0, 0.1) is 5.92 Å². The number of likely N-dealkylation sites (N-methyl/N-ethyl adjacent to an activating group) is 1. The first kappa shape index (κ1) is 8.18. The second-order valence-electron chi connectivity index (χ2n) is 4.39. The van der Waals surface area contributed by atoms with E-state index in [1.807, 2.05) is 18.2 Å². The van der Waals surface area contributed by atoms with E-state index in [0.717, 1.165) is 18.7 Å². The number of benzene rings is 1. The van der Waals surface area contributed by atoms with Crippen molar-refractivity contribution in [2.24, 2.45) is 5.92 Å². The van der Waals surface area contributed by atoms with Gasteiger partial charge in [-0.15, -0.1) is 0 Å². The smallest absolute Gasteiger partial charge is 0.168 e. The molecule has 14 heavy (non-hydrogen) atoms. The van der Waals surface area contributed by atoms with E-state index in [1.54, 1.807) is 0 Å². The number of rotatable bonds is 0. The van der Waals surface area contributed by atoms with Crippen molar-refractivity contribution in [3.05, 3.63) is 35.4 Å². The Kier molecular flexibility index (Phi) is 1.56. The summed E-state index contributed by atoms with van der Waals surface area (Å²) in [6, 6.07) is 8.07. The Bertz CT molecular complexity index is 399. The summed E-state index contributed by atoms with van der Waals surface area (Å²) in [5.74, 6) is 1.05. The minimum atomic E-state index is 0.234. The summed E-state index contributed by atoms with van der Waals surface area (Å²) in [6.45, 7) is 1.96. The lowest BCUT2D eigenvalue weighted by Crippen LogP contribution is -2.18. The quantitative estimate of drug-likeness (QED) is 0.614. The summed E-state index contributed by atoms with van der Waals surface area (Å²) in [4.78, 5) is 14.3. The Hall–Kier alpha value is -1.15. The number of hydrogen-bond donors (Lipinski definition) is 0. The molecule has 0 N–H and O–H groups in total. The van der Waals surface area contributed by atoms with E-state index in [-0.39, 0.29) is 5.92 Å². The van der Waals surface area contributed by atoms with E-state index >= 15 is 0 Å². The van der Waals surface area contributed by atoms with Crippen molar-refractivity contribution in [3.63, 3.8) is 0 Å². The van der Waals surface area contributed by atoms with Crippen LogP contribution in [0.15, 0.2) is 24.3 Å². The lowest BCUT2D eigenvalue weighted by Gasteiger charge is -2.09. The van der Waals surface area contributed by atoms with Crippen LogP contribution < -0.4 is 0 Å². The molecule has 2 nitrogen and oxygen atoms in total. The standard InChI is InChI=1S/C12H13NO/c1-13-6-10-8-4-2-3-5-9(8)12(14)11(10)7-13/h2-5,10-11H,6-7H2,1H3/t10-,11-/m0/s1. The van der Waals surface area contributed by atoms with Gasteiger partial charge in [0.15, 0.2) is 5.78 Å². The van der Waals surface area contributed by atoms with Crippen LogP contribution in [0.4, 0.5) is 0 Å². The molecule has 1 heterocycles. The molecule has 0 aromatic heterocycles. The molecule has 0 spiro atoms. The van der Waals surface area contributed by atoms with Crippen LogP contribution in [0.25, 0.3) is 0 Å². The molecule has 1 aromatic carbocycles. The molecule has 0 saturated carbocycles. The lowest BCUT2D eigenvalue weighted by atomic mass is 9.96. The maximum absolute atomic E-state index is 12.0. The van der Waals surface area contributed by atoms with Gasteiger partial charge in [-0.25, -0.2) is 0 Å². The lowest BCUT2D eigenvalue weighted by molar-refractivity contribution is 0.0934. The summed E-state index contributed by atoms with van der Waals surface area (Å²) in [5, 5.41) is 0. The molecule has 1 aromatic rings. The average molecular weight is 187 g/mol. The van der Waals surface area contributed by atoms with Crippen LogP contribution in [-0.4, -0.2) is 30.8 Å². The highest BCUT2D eigenvalue weighted by Crippen LogP contribution is 2.41. The minimum Gasteiger partial charge on any atom is -0.305 e. The fraction of sp³-hybridized carbons (Fsp3) is 0.417. The number of hydrogen-bond acceptors (Lipinski definition) is 2. The van der Waals surface area contributed by atoms with Crippen LogP contribution in [0.5, 0.6) is 0 Å². The van der Waals surface area contributed by atoms with Crippen molar-refractivity contribution in [3.8, 4) is 0 Å². The second-order valence-corrected chi connectivity index (χ2v) is 4.39. The molecule has 1 aliphatic carbocycles. The third-order valence-electron chi connectivity index (χ3n) is 3.46. The number of nitrogens with zero attached hydrogens (tertiary/aromatic N) is 1. The molecule has 72 valence electrons. The van der Waals surface area contributed by atoms with Gasteiger partial charge in [-0.2, -0.15) is 0 Å². The SMILES string of the molecule is CN1C[C@@H]2C(=O)c3ccccc3[C@@H]2C1. The predicted octanol–water partition coefficient (Wildman–Crippen LogP) is 1.53. The van der Waals surface area contributed by atoms with Gasteiger partial charge in [0.1, 0.15) is 0 Å². The summed E-state index contributed by atoms with van der Waals surface area (Å²) >= 11 is 0. The summed E-state index contributed by atoms with van der Waals surface area (Å²) in [7, 11) is 2.09. The van der Waals surface area contributed by atoms with E-state index in [9.17, 15) is 4.79 Å². The fourth-order valence-corrected chi connectivity index (χ4v) is 2.83. The Morgan fingerprint density at radius 3 is 2.79 bits per heavy atom. The van der Waals surface area contributed by atoms with E-state index in [2.05, 4.69) is 18.0 Å². The number of Topliss-reactive ketones (excluding diaryl/α,β-unsaturated/α-hetero) is 1. The highest BCUT2D eigenvalue weighted by Gasteiger charge is 2.44. The maximum Gasteiger partial charge on any atom is 0.168 e. The van der Waals surface area contributed by atoms with Gasteiger partial charge < -0.3 is 4.90 Å². The molecule has 0 bridgehead atoms. The molecule has 0 amide bonds. The van der Waals surface area contributed by atoms with Crippen LogP contribution in [0.2, 0.25) is 0 Å². The third-order valence-corrected chi connectivity index (χ3v) is 3.46. The normalized spacial score (nSPS) is 30.5. The maximum atomic E-state index is 12.0. The van der Waals surface area contributed by atoms with Gasteiger partial charge in [-0.1, -0.05) is 24.3 Å². The number of carbonyl (C=O) groups excluding carboxylic acids is 1. The number of ketones is 1. The molecule has 0 unspecified atom stereocenters. The molecular weight excluding hydrogens is 174 g/mol. The van der Waals surface area contributed by atoms with E-state index in [1.165, 1.54) is 5.56 Å². The Labute approximate surface area is 83.5 Å². The average Bonchev–Trinajstić information content (AvgIpc) is 2.68. The zero-order valence-electron chi connectivity index (χ0n) is 8.23. The molecule has 1 aliphatic heterocycles. The summed E-state index contributed by atoms with van der Waals surface area (Å²) in [6.07, 6.45) is 0. The molecule has 3 rings (SSSR count). The van der Waals surface area contributed by atoms with Crippen molar-refractivity contribution in [1.29, 1.82) is 0 Å². The number of carbonyl (C=O) groups is 1. The first-order valence-corrected chi connectivity index (χ1v) is 5.09. The van der Waals surface area contributed by atoms with Crippen LogP contribution in [0.3, 0.4) is 0 Å². The Morgan fingerprint density at radius 2 is 1.93 bits per heavy atom. The van der Waals surface area contributed by atoms with Crippen LogP contribution >= 0.6 is 0 Å². The van der Waals surface area contributed by atoms with Crippen LogP contribution in [0.1, 0.15) is 21.8 Å². The van der Waals surface area contributed by atoms with Crippen molar-refractivity contribution in [2.45, 2.75) is 5.92 Å². The molecular formula is C12H13NO.